The second-order valence-electron chi connectivity index (χ2n) is 6.01. The number of halogens is 1. The highest BCUT2D eigenvalue weighted by atomic mass is 35.5. The van der Waals surface area contributed by atoms with Crippen LogP contribution in [0.1, 0.15) is 43.3 Å². The Balaban J connectivity index is 0.00000200. The summed E-state index contributed by atoms with van der Waals surface area (Å²) in [5, 5.41) is 0. The number of hydrogen-bond donors (Lipinski definition) is 1. The van der Waals surface area contributed by atoms with Crippen molar-refractivity contribution < 1.29 is 4.74 Å². The number of aryl methyl sites for hydroxylation is 2. The molecule has 2 rings (SSSR count). The molecular weight excluding hydrogens is 272 g/mol. The molecule has 0 aliphatic carbocycles. The Morgan fingerprint density at radius 3 is 2.20 bits per heavy atom. The first kappa shape index (κ1) is 16.6. The molecule has 0 aliphatic heterocycles. The molecule has 0 fully saturated rings. The first-order valence-corrected chi connectivity index (χ1v) is 6.60. The van der Waals surface area contributed by atoms with Crippen molar-refractivity contribution in [3.63, 3.8) is 0 Å². The minimum absolute atomic E-state index is 0. The van der Waals surface area contributed by atoms with Crippen molar-refractivity contribution in [2.45, 2.75) is 46.6 Å². The van der Waals surface area contributed by atoms with E-state index in [4.69, 9.17) is 4.74 Å². The molecule has 1 aromatic carbocycles. The molecule has 0 saturated carbocycles. The van der Waals surface area contributed by atoms with Gasteiger partial charge < -0.3 is 9.72 Å². The molecule has 20 heavy (non-hydrogen) atoms. The molecule has 3 nitrogen and oxygen atoms in total. The molecular formula is C16H23ClN2O. The second kappa shape index (κ2) is 6.31. The Hall–Kier alpha value is -1.48. The number of nitrogens with zero attached hydrogens (tertiary/aromatic N) is 1. The van der Waals surface area contributed by atoms with Crippen molar-refractivity contribution in [1.29, 1.82) is 0 Å². The molecule has 0 atom stereocenters. The van der Waals surface area contributed by atoms with E-state index in [2.05, 4.69) is 56.7 Å². The zero-order valence-corrected chi connectivity index (χ0v) is 13.6. The van der Waals surface area contributed by atoms with Gasteiger partial charge in [0.05, 0.1) is 0 Å². The smallest absolute Gasteiger partial charge is 0.146 e. The highest BCUT2D eigenvalue weighted by Crippen LogP contribution is 2.31. The maximum atomic E-state index is 5.89. The van der Waals surface area contributed by atoms with Crippen molar-refractivity contribution in [3.8, 4) is 5.75 Å². The largest absolute Gasteiger partial charge is 0.485 e. The van der Waals surface area contributed by atoms with E-state index in [1.807, 2.05) is 0 Å². The normalized spacial score (nSPS) is 11.1. The van der Waals surface area contributed by atoms with Crippen LogP contribution in [-0.2, 0) is 12.0 Å². The summed E-state index contributed by atoms with van der Waals surface area (Å²) in [6.07, 6.45) is 3.54. The summed E-state index contributed by atoms with van der Waals surface area (Å²) in [5.74, 6) is 1.81. The lowest BCUT2D eigenvalue weighted by Crippen LogP contribution is -2.12. The van der Waals surface area contributed by atoms with Gasteiger partial charge in [0.2, 0.25) is 0 Å². The summed E-state index contributed by atoms with van der Waals surface area (Å²) in [7, 11) is 0. The third kappa shape index (κ3) is 3.76. The predicted octanol–water partition coefficient (Wildman–Crippen LogP) is 4.32. The van der Waals surface area contributed by atoms with Crippen molar-refractivity contribution in [2.75, 3.05) is 0 Å². The van der Waals surface area contributed by atoms with E-state index >= 15 is 0 Å². The van der Waals surface area contributed by atoms with Gasteiger partial charge in [-0.1, -0.05) is 32.9 Å². The summed E-state index contributed by atoms with van der Waals surface area (Å²) < 4.78 is 5.89. The van der Waals surface area contributed by atoms with Crippen LogP contribution >= 0.6 is 12.4 Å². The van der Waals surface area contributed by atoms with E-state index in [0.717, 1.165) is 11.6 Å². The van der Waals surface area contributed by atoms with Gasteiger partial charge in [-0.05, 0) is 36.0 Å². The van der Waals surface area contributed by atoms with Gasteiger partial charge in [-0.3, -0.25) is 0 Å². The first-order chi connectivity index (χ1) is 8.88. The topological polar surface area (TPSA) is 37.9 Å². The average molecular weight is 295 g/mol. The van der Waals surface area contributed by atoms with E-state index in [1.165, 1.54) is 16.7 Å². The Bertz CT molecular complexity index is 533. The predicted molar refractivity (Wildman–Crippen MR) is 84.8 cm³/mol. The average Bonchev–Trinajstić information content (AvgIpc) is 2.79. The summed E-state index contributed by atoms with van der Waals surface area (Å²) in [6, 6.07) is 4.43. The van der Waals surface area contributed by atoms with Gasteiger partial charge in [-0.2, -0.15) is 0 Å². The van der Waals surface area contributed by atoms with E-state index < -0.39 is 0 Å². The SMILES string of the molecule is Cc1cc(C(C)(C)C)cc(C)c1OCc1ncc[nH]1.Cl. The van der Waals surface area contributed by atoms with E-state index in [-0.39, 0.29) is 17.8 Å². The Labute approximate surface area is 127 Å². The minimum atomic E-state index is 0. The second-order valence-corrected chi connectivity index (χ2v) is 6.01. The third-order valence-electron chi connectivity index (χ3n) is 3.23. The molecule has 0 amide bonds. The lowest BCUT2D eigenvalue weighted by Gasteiger charge is -2.22. The number of rotatable bonds is 3. The zero-order chi connectivity index (χ0) is 14.0. The van der Waals surface area contributed by atoms with Crippen LogP contribution in [0.25, 0.3) is 0 Å². The number of imidazole rings is 1. The lowest BCUT2D eigenvalue weighted by molar-refractivity contribution is 0.293. The number of aromatic nitrogens is 2. The molecule has 1 aromatic heterocycles. The van der Waals surface area contributed by atoms with Gasteiger partial charge in [0.15, 0.2) is 0 Å². The van der Waals surface area contributed by atoms with Crippen LogP contribution in [0.3, 0.4) is 0 Å². The third-order valence-corrected chi connectivity index (χ3v) is 3.23. The maximum absolute atomic E-state index is 5.89. The van der Waals surface area contributed by atoms with Crippen LogP contribution in [0.5, 0.6) is 5.75 Å². The molecule has 4 heteroatoms. The van der Waals surface area contributed by atoms with Crippen LogP contribution in [-0.4, -0.2) is 9.97 Å². The molecule has 0 spiro atoms. The highest BCUT2D eigenvalue weighted by molar-refractivity contribution is 5.85. The molecule has 1 N–H and O–H groups in total. The zero-order valence-electron chi connectivity index (χ0n) is 12.8. The Morgan fingerprint density at radius 1 is 1.15 bits per heavy atom. The van der Waals surface area contributed by atoms with Crippen LogP contribution < -0.4 is 4.74 Å². The molecule has 2 aromatic rings. The van der Waals surface area contributed by atoms with Gasteiger partial charge in [0.1, 0.15) is 18.2 Å². The van der Waals surface area contributed by atoms with Crippen molar-refractivity contribution in [1.82, 2.24) is 9.97 Å². The Kier molecular flexibility index (Phi) is 5.23. The molecule has 0 saturated heterocycles. The number of benzene rings is 1. The van der Waals surface area contributed by atoms with E-state index in [9.17, 15) is 0 Å². The number of aromatic amines is 1. The molecule has 1 heterocycles. The number of nitrogens with one attached hydrogen (secondary N) is 1. The van der Waals surface area contributed by atoms with Gasteiger partial charge in [-0.15, -0.1) is 12.4 Å². The summed E-state index contributed by atoms with van der Waals surface area (Å²) >= 11 is 0. The first-order valence-electron chi connectivity index (χ1n) is 6.60. The number of H-pyrrole nitrogens is 1. The van der Waals surface area contributed by atoms with E-state index in [0.29, 0.717) is 6.61 Å². The standard InChI is InChI=1S/C16H22N2O.ClH/c1-11-8-13(16(3,4)5)9-12(2)15(11)19-10-14-17-6-7-18-14;/h6-9H,10H2,1-5H3,(H,17,18);1H. The van der Waals surface area contributed by atoms with Crippen molar-refractivity contribution in [2.24, 2.45) is 0 Å². The van der Waals surface area contributed by atoms with Gasteiger partial charge >= 0.3 is 0 Å². The molecule has 0 unspecified atom stereocenters. The quantitative estimate of drug-likeness (QED) is 0.915. The minimum Gasteiger partial charge on any atom is -0.485 e. The number of hydrogen-bond acceptors (Lipinski definition) is 2. The monoisotopic (exact) mass is 294 g/mol. The summed E-state index contributed by atoms with van der Waals surface area (Å²) in [6.45, 7) is 11.3. The molecule has 110 valence electrons. The van der Waals surface area contributed by atoms with Crippen molar-refractivity contribution >= 4 is 12.4 Å². The van der Waals surface area contributed by atoms with Crippen LogP contribution in [0, 0.1) is 13.8 Å². The van der Waals surface area contributed by atoms with Crippen LogP contribution in [0.4, 0.5) is 0 Å². The maximum Gasteiger partial charge on any atom is 0.146 e. The summed E-state index contributed by atoms with van der Waals surface area (Å²) in [5.41, 5.74) is 3.86. The number of ether oxygens (including phenoxy) is 1. The molecule has 0 bridgehead atoms. The Morgan fingerprint density at radius 2 is 1.75 bits per heavy atom. The van der Waals surface area contributed by atoms with Gasteiger partial charge in [-0.25, -0.2) is 4.98 Å². The lowest BCUT2D eigenvalue weighted by atomic mass is 9.85. The van der Waals surface area contributed by atoms with E-state index in [1.54, 1.807) is 12.4 Å². The fourth-order valence-electron chi connectivity index (χ4n) is 2.13. The fourth-order valence-corrected chi connectivity index (χ4v) is 2.13. The molecule has 0 radical (unpaired) electrons. The fraction of sp³-hybridized carbons (Fsp3) is 0.438. The summed E-state index contributed by atoms with van der Waals surface area (Å²) in [4.78, 5) is 7.21. The van der Waals surface area contributed by atoms with Gasteiger partial charge in [0.25, 0.3) is 0 Å². The highest BCUT2D eigenvalue weighted by Gasteiger charge is 2.16. The van der Waals surface area contributed by atoms with Crippen molar-refractivity contribution in [3.05, 3.63) is 47.0 Å². The van der Waals surface area contributed by atoms with Crippen LogP contribution in [0.15, 0.2) is 24.5 Å². The molecule has 0 aliphatic rings. The van der Waals surface area contributed by atoms with Gasteiger partial charge in [0, 0.05) is 12.4 Å². The van der Waals surface area contributed by atoms with Crippen LogP contribution in [0.2, 0.25) is 0 Å².